The molecule has 1 aromatic carbocycles. The average Bonchev–Trinajstić information content (AvgIpc) is 2.35. The van der Waals surface area contributed by atoms with Crippen LogP contribution in [0.3, 0.4) is 0 Å². The van der Waals surface area contributed by atoms with Crippen LogP contribution in [0, 0.1) is 10.1 Å². The van der Waals surface area contributed by atoms with Crippen LogP contribution >= 0.6 is 0 Å². The van der Waals surface area contributed by atoms with E-state index in [2.05, 4.69) is 10.3 Å². The number of hydrogen-bond donors (Lipinski definition) is 1. The van der Waals surface area contributed by atoms with Gasteiger partial charge >= 0.3 is 5.69 Å². The molecule has 0 radical (unpaired) electrons. The van der Waals surface area contributed by atoms with Crippen molar-refractivity contribution in [1.82, 2.24) is 4.98 Å². The van der Waals surface area contributed by atoms with E-state index < -0.39 is 4.92 Å². The minimum absolute atomic E-state index is 0.0504. The van der Waals surface area contributed by atoms with Gasteiger partial charge in [0.25, 0.3) is 0 Å². The van der Waals surface area contributed by atoms with E-state index in [0.717, 1.165) is 0 Å². The highest BCUT2D eigenvalue weighted by Gasteiger charge is 2.17. The summed E-state index contributed by atoms with van der Waals surface area (Å²) in [6.45, 7) is 1.47. The fraction of sp³-hybridized carbons (Fsp3) is 0.167. The van der Waals surface area contributed by atoms with Gasteiger partial charge in [-0.15, -0.1) is 0 Å². The number of pyridine rings is 1. The molecular formula is C12H11N3O3. The topological polar surface area (TPSA) is 85.1 Å². The molecule has 18 heavy (non-hydrogen) atoms. The minimum Gasteiger partial charge on any atom is -0.372 e. The fourth-order valence-corrected chi connectivity index (χ4v) is 1.67. The molecule has 0 aliphatic carbocycles. The fourth-order valence-electron chi connectivity index (χ4n) is 1.67. The van der Waals surface area contributed by atoms with Crippen LogP contribution < -0.4 is 5.32 Å². The first-order chi connectivity index (χ1) is 8.59. The van der Waals surface area contributed by atoms with Gasteiger partial charge in [0.15, 0.2) is 0 Å². The third kappa shape index (κ3) is 2.27. The van der Waals surface area contributed by atoms with Crippen molar-refractivity contribution >= 4 is 28.1 Å². The Balaban J connectivity index is 2.58. The average molecular weight is 245 g/mol. The van der Waals surface area contributed by atoms with Crippen LogP contribution in [0.15, 0.2) is 30.5 Å². The minimum atomic E-state index is -0.512. The molecule has 1 aromatic heterocycles. The van der Waals surface area contributed by atoms with Crippen LogP contribution in [0.5, 0.6) is 0 Å². The Morgan fingerprint density at radius 1 is 1.44 bits per heavy atom. The lowest BCUT2D eigenvalue weighted by molar-refractivity contribution is -0.384. The van der Waals surface area contributed by atoms with Crippen molar-refractivity contribution in [2.24, 2.45) is 0 Å². The zero-order valence-corrected chi connectivity index (χ0v) is 9.71. The van der Waals surface area contributed by atoms with Gasteiger partial charge in [0, 0.05) is 5.39 Å². The summed E-state index contributed by atoms with van der Waals surface area (Å²) in [6, 6.07) is 7.07. The third-order valence-electron chi connectivity index (χ3n) is 2.47. The van der Waals surface area contributed by atoms with Crippen LogP contribution in [-0.4, -0.2) is 22.2 Å². The molecule has 1 heterocycles. The van der Waals surface area contributed by atoms with Gasteiger partial charge in [-0.2, -0.15) is 0 Å². The first-order valence-electron chi connectivity index (χ1n) is 5.35. The molecule has 2 aromatic rings. The summed E-state index contributed by atoms with van der Waals surface area (Å²) >= 11 is 0. The van der Waals surface area contributed by atoms with Gasteiger partial charge in [0.1, 0.15) is 17.7 Å². The predicted molar refractivity (Wildman–Crippen MR) is 67.6 cm³/mol. The predicted octanol–water partition coefficient (Wildman–Crippen LogP) is 2.14. The van der Waals surface area contributed by atoms with Crippen molar-refractivity contribution in [2.45, 2.75) is 6.92 Å². The third-order valence-corrected chi connectivity index (χ3v) is 2.47. The Morgan fingerprint density at radius 2 is 2.17 bits per heavy atom. The van der Waals surface area contributed by atoms with Crippen LogP contribution in [0.4, 0.5) is 11.4 Å². The molecule has 6 nitrogen and oxygen atoms in total. The first kappa shape index (κ1) is 12.0. The highest BCUT2D eigenvalue weighted by Crippen LogP contribution is 2.30. The molecule has 0 aliphatic rings. The normalized spacial score (nSPS) is 10.3. The smallest absolute Gasteiger partial charge is 0.311 e. The van der Waals surface area contributed by atoms with Gasteiger partial charge in [0.05, 0.1) is 17.0 Å². The summed E-state index contributed by atoms with van der Waals surface area (Å²) in [7, 11) is 0. The number of carbonyl (C=O) groups excluding carboxylic acids is 1. The summed E-state index contributed by atoms with van der Waals surface area (Å²) < 4.78 is 0. The van der Waals surface area contributed by atoms with Crippen molar-refractivity contribution in [3.8, 4) is 0 Å². The van der Waals surface area contributed by atoms with E-state index in [0.29, 0.717) is 16.6 Å². The molecule has 1 N–H and O–H groups in total. The molecule has 0 amide bonds. The van der Waals surface area contributed by atoms with E-state index in [9.17, 15) is 14.9 Å². The summed E-state index contributed by atoms with van der Waals surface area (Å²) in [4.78, 5) is 25.4. The Morgan fingerprint density at radius 3 is 2.83 bits per heavy atom. The number of Topliss-reactive ketones (excluding diaryl/α,β-unsaturated/α-hetero) is 1. The van der Waals surface area contributed by atoms with Gasteiger partial charge < -0.3 is 5.32 Å². The van der Waals surface area contributed by atoms with Crippen molar-refractivity contribution in [3.05, 3.63) is 40.6 Å². The lowest BCUT2D eigenvalue weighted by Gasteiger charge is -2.08. The number of ketones is 1. The zero-order chi connectivity index (χ0) is 13.1. The van der Waals surface area contributed by atoms with E-state index >= 15 is 0 Å². The molecule has 0 bridgehead atoms. The van der Waals surface area contributed by atoms with Gasteiger partial charge in [-0.05, 0) is 13.0 Å². The number of aromatic nitrogens is 1. The maximum Gasteiger partial charge on any atom is 0.311 e. The van der Waals surface area contributed by atoms with Gasteiger partial charge in [0.2, 0.25) is 0 Å². The summed E-state index contributed by atoms with van der Waals surface area (Å²) in [5.41, 5.74) is 0.852. The molecule has 92 valence electrons. The maximum atomic E-state index is 11.0. The van der Waals surface area contributed by atoms with E-state index in [1.165, 1.54) is 13.1 Å². The maximum absolute atomic E-state index is 11.0. The number of benzene rings is 1. The van der Waals surface area contributed by atoms with Crippen LogP contribution in [0.2, 0.25) is 0 Å². The molecule has 0 aliphatic heterocycles. The van der Waals surface area contributed by atoms with E-state index in [4.69, 9.17) is 0 Å². The number of anilines is 1. The second-order valence-corrected chi connectivity index (χ2v) is 3.85. The first-order valence-corrected chi connectivity index (χ1v) is 5.35. The van der Waals surface area contributed by atoms with Crippen molar-refractivity contribution < 1.29 is 9.72 Å². The lowest BCUT2D eigenvalue weighted by atomic mass is 10.1. The number of fused-ring (bicyclic) bond motifs is 1. The number of nitro groups is 1. The lowest BCUT2D eigenvalue weighted by Crippen LogP contribution is -2.11. The second-order valence-electron chi connectivity index (χ2n) is 3.85. The summed E-state index contributed by atoms with van der Waals surface area (Å²) in [6.07, 6.45) is 1.20. The Bertz CT molecular complexity index is 625. The number of rotatable bonds is 4. The Hall–Kier alpha value is -2.50. The SMILES string of the molecule is CC(=O)CNc1c([N+](=O)[O-])cnc2ccccc12. The number of carbonyl (C=O) groups is 1. The molecule has 0 atom stereocenters. The molecule has 0 saturated carbocycles. The second kappa shape index (κ2) is 4.79. The highest BCUT2D eigenvalue weighted by atomic mass is 16.6. The zero-order valence-electron chi connectivity index (χ0n) is 9.71. The molecule has 0 saturated heterocycles. The van der Waals surface area contributed by atoms with E-state index in [1.807, 2.05) is 0 Å². The standard InChI is InChI=1S/C12H11N3O3/c1-8(16)6-14-12-9-4-2-3-5-10(9)13-7-11(12)15(17)18/h2-5,7H,6H2,1H3,(H,13,14). The van der Waals surface area contributed by atoms with Gasteiger partial charge in [-0.3, -0.25) is 14.9 Å². The molecule has 0 spiro atoms. The Kier molecular flexibility index (Phi) is 3.18. The van der Waals surface area contributed by atoms with E-state index in [1.54, 1.807) is 24.3 Å². The largest absolute Gasteiger partial charge is 0.372 e. The van der Waals surface area contributed by atoms with Crippen molar-refractivity contribution in [3.63, 3.8) is 0 Å². The molecule has 6 heteroatoms. The number of nitrogens with zero attached hydrogens (tertiary/aromatic N) is 2. The highest BCUT2D eigenvalue weighted by molar-refractivity contribution is 5.97. The number of nitrogens with one attached hydrogen (secondary N) is 1. The van der Waals surface area contributed by atoms with Gasteiger partial charge in [-0.25, -0.2) is 4.98 Å². The van der Waals surface area contributed by atoms with Crippen LogP contribution in [-0.2, 0) is 4.79 Å². The Labute approximate surface area is 103 Å². The van der Waals surface area contributed by atoms with Crippen molar-refractivity contribution in [2.75, 3.05) is 11.9 Å². The van der Waals surface area contributed by atoms with E-state index in [-0.39, 0.29) is 18.0 Å². The van der Waals surface area contributed by atoms with Crippen LogP contribution in [0.1, 0.15) is 6.92 Å². The molecule has 2 rings (SSSR count). The molecule has 0 fully saturated rings. The molecule has 0 unspecified atom stereocenters. The number of para-hydroxylation sites is 1. The van der Waals surface area contributed by atoms with Gasteiger partial charge in [-0.1, -0.05) is 18.2 Å². The summed E-state index contributed by atoms with van der Waals surface area (Å²) in [5, 5.41) is 14.4. The quantitative estimate of drug-likeness (QED) is 0.658. The van der Waals surface area contributed by atoms with Crippen molar-refractivity contribution in [1.29, 1.82) is 0 Å². The monoisotopic (exact) mass is 245 g/mol. The van der Waals surface area contributed by atoms with Crippen LogP contribution in [0.25, 0.3) is 10.9 Å². The number of hydrogen-bond acceptors (Lipinski definition) is 5. The summed E-state index contributed by atoms with van der Waals surface area (Å²) in [5.74, 6) is -0.0924. The molecular weight excluding hydrogens is 234 g/mol.